The van der Waals surface area contributed by atoms with E-state index in [4.69, 9.17) is 5.11 Å². The van der Waals surface area contributed by atoms with Crippen LogP contribution >= 0.6 is 11.8 Å². The minimum absolute atomic E-state index is 0.0577. The quantitative estimate of drug-likeness (QED) is 0.673. The Hall–Kier alpha value is -0.710. The SMILES string of the molecule is C[C@@H]1SC(C)(C)N(C=O)[C@H]1C(=O)O. The van der Waals surface area contributed by atoms with Gasteiger partial charge in [-0.1, -0.05) is 6.92 Å². The second-order valence-electron chi connectivity index (χ2n) is 3.57. The summed E-state index contributed by atoms with van der Waals surface area (Å²) >= 11 is 1.51. The third-order valence-corrected chi connectivity index (χ3v) is 3.62. The van der Waals surface area contributed by atoms with E-state index in [1.807, 2.05) is 20.8 Å². The van der Waals surface area contributed by atoms with Crippen molar-refractivity contribution in [1.82, 2.24) is 4.90 Å². The van der Waals surface area contributed by atoms with Crippen LogP contribution in [0.25, 0.3) is 0 Å². The second-order valence-corrected chi connectivity index (χ2v) is 5.54. The smallest absolute Gasteiger partial charge is 0.327 e. The van der Waals surface area contributed by atoms with Gasteiger partial charge in [0.15, 0.2) is 0 Å². The van der Waals surface area contributed by atoms with Crippen LogP contribution in [0.3, 0.4) is 0 Å². The minimum Gasteiger partial charge on any atom is -0.480 e. The predicted octanol–water partition coefficient (Wildman–Crippen LogP) is 0.769. The first-order valence-electron chi connectivity index (χ1n) is 4.04. The highest BCUT2D eigenvalue weighted by Crippen LogP contribution is 2.42. The maximum Gasteiger partial charge on any atom is 0.327 e. The van der Waals surface area contributed by atoms with E-state index in [0.717, 1.165) is 0 Å². The van der Waals surface area contributed by atoms with Crippen LogP contribution in [0.5, 0.6) is 0 Å². The summed E-state index contributed by atoms with van der Waals surface area (Å²) in [5.41, 5.74) is 0. The largest absolute Gasteiger partial charge is 0.480 e. The van der Waals surface area contributed by atoms with Crippen molar-refractivity contribution in [3.05, 3.63) is 0 Å². The van der Waals surface area contributed by atoms with E-state index < -0.39 is 16.9 Å². The van der Waals surface area contributed by atoms with E-state index in [1.165, 1.54) is 16.7 Å². The maximum absolute atomic E-state index is 10.9. The summed E-state index contributed by atoms with van der Waals surface area (Å²) in [6.07, 6.45) is 0.620. The first kappa shape index (κ1) is 10.4. The molecular formula is C8H13NO3S. The van der Waals surface area contributed by atoms with Gasteiger partial charge in [0.1, 0.15) is 6.04 Å². The Bertz CT molecular complexity index is 242. The fourth-order valence-corrected chi connectivity index (χ4v) is 3.22. The molecule has 4 nitrogen and oxygen atoms in total. The summed E-state index contributed by atoms with van der Waals surface area (Å²) in [6, 6.07) is -0.697. The fourth-order valence-electron chi connectivity index (χ4n) is 1.65. The number of rotatable bonds is 2. The van der Waals surface area contributed by atoms with Crippen molar-refractivity contribution in [3.8, 4) is 0 Å². The molecule has 0 bridgehead atoms. The van der Waals surface area contributed by atoms with E-state index >= 15 is 0 Å². The molecule has 1 rings (SSSR count). The molecule has 1 aliphatic rings. The molecule has 1 fully saturated rings. The number of carboxylic acid groups (broad SMARTS) is 1. The van der Waals surface area contributed by atoms with Crippen LogP contribution in [0, 0.1) is 0 Å². The highest BCUT2D eigenvalue weighted by atomic mass is 32.2. The molecule has 1 heterocycles. The molecule has 0 aromatic carbocycles. The van der Waals surface area contributed by atoms with Crippen LogP contribution in [0.15, 0.2) is 0 Å². The van der Waals surface area contributed by atoms with Gasteiger partial charge in [-0.05, 0) is 13.8 Å². The fraction of sp³-hybridized carbons (Fsp3) is 0.750. The Labute approximate surface area is 81.3 Å². The second kappa shape index (κ2) is 3.21. The molecule has 1 saturated heterocycles. The van der Waals surface area contributed by atoms with Crippen LogP contribution in [0.1, 0.15) is 20.8 Å². The highest BCUT2D eigenvalue weighted by Gasteiger charge is 2.47. The third-order valence-electron chi connectivity index (χ3n) is 2.21. The van der Waals surface area contributed by atoms with Gasteiger partial charge < -0.3 is 10.0 Å². The number of carboxylic acids is 1. The van der Waals surface area contributed by atoms with Gasteiger partial charge in [-0.15, -0.1) is 11.8 Å². The van der Waals surface area contributed by atoms with Crippen molar-refractivity contribution in [2.24, 2.45) is 0 Å². The number of thioether (sulfide) groups is 1. The molecule has 0 aromatic rings. The minimum atomic E-state index is -0.933. The summed E-state index contributed by atoms with van der Waals surface area (Å²) in [7, 11) is 0. The van der Waals surface area contributed by atoms with Gasteiger partial charge in [0.2, 0.25) is 6.41 Å². The number of hydrogen-bond acceptors (Lipinski definition) is 3. The van der Waals surface area contributed by atoms with E-state index in [1.54, 1.807) is 0 Å². The van der Waals surface area contributed by atoms with E-state index in [2.05, 4.69) is 0 Å². The van der Waals surface area contributed by atoms with Gasteiger partial charge in [0.25, 0.3) is 0 Å². The number of carbonyl (C=O) groups is 2. The van der Waals surface area contributed by atoms with Gasteiger partial charge in [0.05, 0.1) is 4.87 Å². The molecule has 0 radical (unpaired) electrons. The molecule has 74 valence electrons. The first-order valence-corrected chi connectivity index (χ1v) is 4.92. The molecule has 1 amide bonds. The van der Waals surface area contributed by atoms with E-state index in [0.29, 0.717) is 6.41 Å². The summed E-state index contributed by atoms with van der Waals surface area (Å²) < 4.78 is 0. The van der Waals surface area contributed by atoms with Gasteiger partial charge in [0, 0.05) is 5.25 Å². The Morgan fingerprint density at radius 3 is 2.46 bits per heavy atom. The van der Waals surface area contributed by atoms with Crippen molar-refractivity contribution in [3.63, 3.8) is 0 Å². The van der Waals surface area contributed by atoms with E-state index in [9.17, 15) is 9.59 Å². The Morgan fingerprint density at radius 1 is 1.62 bits per heavy atom. The first-order chi connectivity index (χ1) is 5.90. The van der Waals surface area contributed by atoms with Crippen LogP contribution in [-0.4, -0.2) is 38.5 Å². The lowest BCUT2D eigenvalue weighted by atomic mass is 10.1. The Morgan fingerprint density at radius 2 is 2.15 bits per heavy atom. The molecule has 0 unspecified atom stereocenters. The molecule has 0 aromatic heterocycles. The third kappa shape index (κ3) is 1.65. The normalized spacial score (nSPS) is 31.8. The van der Waals surface area contributed by atoms with Gasteiger partial charge in [-0.2, -0.15) is 0 Å². The molecule has 0 spiro atoms. The molecule has 0 aliphatic carbocycles. The molecule has 0 saturated carbocycles. The molecule has 2 atom stereocenters. The molecule has 13 heavy (non-hydrogen) atoms. The molecule has 1 aliphatic heterocycles. The summed E-state index contributed by atoms with van der Waals surface area (Å²) in [5.74, 6) is -0.933. The lowest BCUT2D eigenvalue weighted by molar-refractivity contribution is -0.147. The lowest BCUT2D eigenvalue weighted by Gasteiger charge is -2.28. The monoisotopic (exact) mass is 203 g/mol. The predicted molar refractivity (Wildman–Crippen MR) is 50.5 cm³/mol. The van der Waals surface area contributed by atoms with Crippen molar-refractivity contribution < 1.29 is 14.7 Å². The van der Waals surface area contributed by atoms with Crippen molar-refractivity contribution in [1.29, 1.82) is 0 Å². The van der Waals surface area contributed by atoms with Crippen LogP contribution in [0.4, 0.5) is 0 Å². The van der Waals surface area contributed by atoms with Crippen molar-refractivity contribution >= 4 is 24.1 Å². The standard InChI is InChI=1S/C8H13NO3S/c1-5-6(7(11)12)9(4-10)8(2,3)13-5/h4-6H,1-3H3,(H,11,12)/t5-,6+/m0/s1. The number of amides is 1. The van der Waals surface area contributed by atoms with E-state index in [-0.39, 0.29) is 5.25 Å². The Balaban J connectivity index is 2.96. The van der Waals surface area contributed by atoms with Crippen LogP contribution < -0.4 is 0 Å². The van der Waals surface area contributed by atoms with Crippen molar-refractivity contribution in [2.45, 2.75) is 36.9 Å². The van der Waals surface area contributed by atoms with Crippen molar-refractivity contribution in [2.75, 3.05) is 0 Å². The van der Waals surface area contributed by atoms with Crippen LogP contribution in [-0.2, 0) is 9.59 Å². The number of aliphatic carboxylic acids is 1. The van der Waals surface area contributed by atoms with Gasteiger partial charge in [-0.3, -0.25) is 4.79 Å². The number of carbonyl (C=O) groups excluding carboxylic acids is 1. The summed E-state index contributed by atoms with van der Waals surface area (Å²) in [5, 5.41) is 8.85. The molecule has 1 N–H and O–H groups in total. The van der Waals surface area contributed by atoms with Crippen LogP contribution in [0.2, 0.25) is 0 Å². The number of hydrogen-bond donors (Lipinski definition) is 1. The summed E-state index contributed by atoms with van der Waals surface area (Å²) in [6.45, 7) is 5.53. The molecule has 5 heteroatoms. The van der Waals surface area contributed by atoms with Gasteiger partial charge >= 0.3 is 5.97 Å². The lowest BCUT2D eigenvalue weighted by Crippen LogP contribution is -2.46. The maximum atomic E-state index is 10.9. The summed E-state index contributed by atoms with van der Waals surface area (Å²) in [4.78, 5) is 22.5. The Kier molecular flexibility index (Phi) is 2.56. The highest BCUT2D eigenvalue weighted by molar-refractivity contribution is 8.01. The zero-order chi connectivity index (χ0) is 10.2. The zero-order valence-electron chi connectivity index (χ0n) is 7.85. The number of nitrogens with zero attached hydrogens (tertiary/aromatic N) is 1. The molecular weight excluding hydrogens is 190 g/mol. The average molecular weight is 203 g/mol. The average Bonchev–Trinajstić information content (AvgIpc) is 2.18. The zero-order valence-corrected chi connectivity index (χ0v) is 8.67. The topological polar surface area (TPSA) is 57.6 Å². The van der Waals surface area contributed by atoms with Gasteiger partial charge in [-0.25, -0.2) is 4.79 Å².